The molecular formula is C34H48N2O2Sn. The number of aromatic nitrogens is 2. The fourth-order valence-corrected chi connectivity index (χ4v) is 7.93. The number of aromatic hydroxyl groups is 2. The van der Waals surface area contributed by atoms with E-state index in [1.165, 1.54) is 64.2 Å². The summed E-state index contributed by atoms with van der Waals surface area (Å²) in [7, 11) is 0. The smallest absolute Gasteiger partial charge is 0.141 e. The number of unbranched alkanes of at least 4 members (excludes halogenated alkanes) is 10. The number of phenols is 2. The molecule has 2 aromatic carbocycles. The summed E-state index contributed by atoms with van der Waals surface area (Å²) < 4.78 is 3.31. The van der Waals surface area contributed by atoms with E-state index in [1.54, 1.807) is 58.4 Å². The molecule has 0 atom stereocenters. The maximum atomic E-state index is 9.31. The molecule has 0 spiro atoms. The fourth-order valence-electron chi connectivity index (χ4n) is 4.36. The molecule has 2 radical (unpaired) electrons. The third kappa shape index (κ3) is 14.0. The maximum Gasteiger partial charge on any atom is 0.141 e. The monoisotopic (exact) mass is 636 g/mol. The Hall–Kier alpha value is -2.34. The van der Waals surface area contributed by atoms with Crippen LogP contribution in [0, 0.1) is 0 Å². The van der Waals surface area contributed by atoms with Crippen molar-refractivity contribution in [3.8, 4) is 11.5 Å². The summed E-state index contributed by atoms with van der Waals surface area (Å²) in [6, 6.07) is 18.3. The SMILES string of the molecule is CCCCCCC[CH2][Sn][CH2]CCCCCCC.Oc1cccc2cccnc12.Oc1cccc2cccnc12. The first kappa shape index (κ1) is 32.9. The predicted octanol–water partition coefficient (Wildman–Crippen LogP) is 10.1. The summed E-state index contributed by atoms with van der Waals surface area (Å²) in [6.45, 7) is 4.60. The summed E-state index contributed by atoms with van der Waals surface area (Å²) in [5, 5.41) is 20.5. The Balaban J connectivity index is 0.000000211. The number of para-hydroxylation sites is 2. The third-order valence-corrected chi connectivity index (χ3v) is 10.7. The van der Waals surface area contributed by atoms with Gasteiger partial charge >= 0.3 is 121 Å². The van der Waals surface area contributed by atoms with Crippen molar-refractivity contribution in [2.45, 2.75) is 99.8 Å². The zero-order valence-corrected chi connectivity index (χ0v) is 27.0. The van der Waals surface area contributed by atoms with Gasteiger partial charge in [0.05, 0.1) is 0 Å². The van der Waals surface area contributed by atoms with Crippen molar-refractivity contribution in [3.05, 3.63) is 73.1 Å². The number of pyridine rings is 2. The summed E-state index contributed by atoms with van der Waals surface area (Å²) in [5.74, 6) is 0.478. The van der Waals surface area contributed by atoms with E-state index in [0.29, 0.717) is 11.0 Å². The summed E-state index contributed by atoms with van der Waals surface area (Å²) in [4.78, 5) is 8.06. The average Bonchev–Trinajstić information content (AvgIpc) is 2.97. The van der Waals surface area contributed by atoms with Gasteiger partial charge in [0, 0.05) is 23.2 Å². The van der Waals surface area contributed by atoms with Gasteiger partial charge in [-0.25, -0.2) is 0 Å². The zero-order valence-electron chi connectivity index (χ0n) is 24.1. The molecule has 0 bridgehead atoms. The van der Waals surface area contributed by atoms with E-state index < -0.39 is 0 Å². The molecule has 2 aromatic heterocycles. The standard InChI is InChI=1S/2C9H7NO.2C8H17.Sn/c2*11-8-5-1-3-7-4-2-6-10-9(7)8;2*1-3-5-7-8-6-4-2;/h2*1-6,11H;2*1,3-8H2,2H3;. The molecule has 210 valence electrons. The molecule has 4 nitrogen and oxygen atoms in total. The average molecular weight is 635 g/mol. The quantitative estimate of drug-likeness (QED) is 0.107. The third-order valence-electron chi connectivity index (χ3n) is 6.64. The first-order valence-electron chi connectivity index (χ1n) is 14.9. The Kier molecular flexibility index (Phi) is 18.1. The van der Waals surface area contributed by atoms with E-state index in [0.717, 1.165) is 10.8 Å². The van der Waals surface area contributed by atoms with Crippen molar-refractivity contribution < 1.29 is 10.2 Å². The minimum Gasteiger partial charge on any atom is -0.506 e. The number of nitrogens with zero attached hydrogens (tertiary/aromatic N) is 2. The molecule has 0 fully saturated rings. The van der Waals surface area contributed by atoms with Crippen LogP contribution in [0.3, 0.4) is 0 Å². The van der Waals surface area contributed by atoms with Crippen LogP contribution in [0.1, 0.15) is 90.9 Å². The van der Waals surface area contributed by atoms with Crippen molar-refractivity contribution in [1.82, 2.24) is 9.97 Å². The minimum absolute atomic E-state index is 0.0736. The molecule has 0 aliphatic carbocycles. The van der Waals surface area contributed by atoms with Gasteiger partial charge in [-0.2, -0.15) is 0 Å². The summed E-state index contributed by atoms with van der Waals surface area (Å²) in [5.41, 5.74) is 1.32. The van der Waals surface area contributed by atoms with E-state index in [2.05, 4.69) is 23.8 Å². The molecular weight excluding hydrogens is 587 g/mol. The van der Waals surface area contributed by atoms with Crippen molar-refractivity contribution in [2.75, 3.05) is 0 Å². The van der Waals surface area contributed by atoms with E-state index >= 15 is 0 Å². The molecule has 0 saturated carbocycles. The van der Waals surface area contributed by atoms with Crippen LogP contribution in [0.2, 0.25) is 8.87 Å². The van der Waals surface area contributed by atoms with Gasteiger partial charge in [-0.1, -0.05) is 36.4 Å². The normalized spacial score (nSPS) is 10.5. The molecule has 2 N–H and O–H groups in total. The molecule has 2 heterocycles. The van der Waals surface area contributed by atoms with Gasteiger partial charge in [0.2, 0.25) is 0 Å². The van der Waals surface area contributed by atoms with Crippen LogP contribution >= 0.6 is 0 Å². The number of hydrogen-bond acceptors (Lipinski definition) is 4. The van der Waals surface area contributed by atoms with E-state index in [-0.39, 0.29) is 32.6 Å². The number of phenolic OH excluding ortho intramolecular Hbond substituents is 2. The van der Waals surface area contributed by atoms with Gasteiger partial charge in [-0.3, -0.25) is 9.97 Å². The summed E-state index contributed by atoms with van der Waals surface area (Å²) in [6.07, 6.45) is 21.2. The maximum absolute atomic E-state index is 9.31. The number of fused-ring (bicyclic) bond motifs is 2. The van der Waals surface area contributed by atoms with Gasteiger partial charge in [0.1, 0.15) is 22.5 Å². The number of rotatable bonds is 14. The fraction of sp³-hybridized carbons (Fsp3) is 0.471. The van der Waals surface area contributed by atoms with E-state index in [4.69, 9.17) is 0 Å². The van der Waals surface area contributed by atoms with Gasteiger partial charge in [0.15, 0.2) is 0 Å². The minimum atomic E-state index is 0.0736. The molecule has 0 unspecified atom stereocenters. The molecule has 4 rings (SSSR count). The zero-order chi connectivity index (χ0) is 28.0. The van der Waals surface area contributed by atoms with Gasteiger partial charge in [-0.05, 0) is 24.3 Å². The van der Waals surface area contributed by atoms with Crippen molar-refractivity contribution in [1.29, 1.82) is 0 Å². The van der Waals surface area contributed by atoms with Crippen LogP contribution in [-0.2, 0) is 0 Å². The van der Waals surface area contributed by atoms with Crippen LogP contribution in [0.25, 0.3) is 21.8 Å². The number of hydrogen-bond donors (Lipinski definition) is 2. The Morgan fingerprint density at radius 1 is 0.513 bits per heavy atom. The van der Waals surface area contributed by atoms with Gasteiger partial charge in [0.25, 0.3) is 0 Å². The van der Waals surface area contributed by atoms with Gasteiger partial charge < -0.3 is 10.2 Å². The van der Waals surface area contributed by atoms with Crippen LogP contribution < -0.4 is 0 Å². The van der Waals surface area contributed by atoms with E-state index in [1.807, 2.05) is 36.4 Å². The topological polar surface area (TPSA) is 66.2 Å². The largest absolute Gasteiger partial charge is 0.506 e. The second-order valence-electron chi connectivity index (χ2n) is 9.99. The Bertz CT molecular complexity index is 1070. The van der Waals surface area contributed by atoms with Crippen molar-refractivity contribution >= 4 is 42.9 Å². The Morgan fingerprint density at radius 3 is 1.31 bits per heavy atom. The predicted molar refractivity (Wildman–Crippen MR) is 169 cm³/mol. The summed E-state index contributed by atoms with van der Waals surface area (Å²) >= 11 is 0.0736. The Morgan fingerprint density at radius 2 is 0.897 bits per heavy atom. The first-order chi connectivity index (χ1) is 19.2. The molecule has 0 amide bonds. The van der Waals surface area contributed by atoms with Crippen LogP contribution in [0.4, 0.5) is 0 Å². The molecule has 0 aliphatic heterocycles. The molecule has 5 heteroatoms. The first-order valence-corrected chi connectivity index (χ1v) is 19.0. The molecule has 0 aliphatic rings. The van der Waals surface area contributed by atoms with Crippen molar-refractivity contribution in [3.63, 3.8) is 0 Å². The molecule has 39 heavy (non-hydrogen) atoms. The second kappa shape index (κ2) is 21.5. The van der Waals surface area contributed by atoms with Gasteiger partial charge in [-0.15, -0.1) is 0 Å². The van der Waals surface area contributed by atoms with Crippen LogP contribution in [0.5, 0.6) is 11.5 Å². The van der Waals surface area contributed by atoms with Crippen LogP contribution in [-0.4, -0.2) is 41.3 Å². The van der Waals surface area contributed by atoms with E-state index in [9.17, 15) is 10.2 Å². The molecule has 4 aromatic rings. The molecule has 0 saturated heterocycles. The van der Waals surface area contributed by atoms with Crippen LogP contribution in [0.15, 0.2) is 73.1 Å². The van der Waals surface area contributed by atoms with Crippen molar-refractivity contribution in [2.24, 2.45) is 0 Å². The number of benzene rings is 2. The Labute approximate surface area is 246 Å². The second-order valence-corrected chi connectivity index (χ2v) is 14.3.